The molecule has 1 aromatic rings. The van der Waals surface area contributed by atoms with E-state index in [1.54, 1.807) is 19.1 Å². The third-order valence-electron chi connectivity index (χ3n) is 1.31. The van der Waals surface area contributed by atoms with E-state index in [1.165, 1.54) is 6.20 Å². The molecule has 0 fully saturated rings. The molecule has 0 N–H and O–H groups in total. The summed E-state index contributed by atoms with van der Waals surface area (Å²) in [6.07, 6.45) is 1.53. The van der Waals surface area contributed by atoms with Crippen molar-refractivity contribution in [3.63, 3.8) is 0 Å². The molecule has 0 aromatic carbocycles. The van der Waals surface area contributed by atoms with Crippen molar-refractivity contribution < 1.29 is 9.53 Å². The molecule has 4 heteroatoms. The maximum Gasteiger partial charge on any atom is 0.384 e. The Labute approximate surface area is 87.1 Å². The van der Waals surface area contributed by atoms with E-state index in [9.17, 15) is 4.79 Å². The number of ether oxygens (including phenoxy) is 1. The molecule has 1 heterocycles. The quantitative estimate of drug-likeness (QED) is 0.401. The summed E-state index contributed by atoms with van der Waals surface area (Å²) in [5, 5.41) is 0.348. The highest BCUT2D eigenvalue weighted by atomic mass is 35.5. The van der Waals surface area contributed by atoms with Crippen molar-refractivity contribution in [1.82, 2.24) is 4.98 Å². The number of nitrogens with zero attached hydrogens (tertiary/aromatic N) is 1. The van der Waals surface area contributed by atoms with Crippen LogP contribution < -0.4 is 0 Å². The van der Waals surface area contributed by atoms with Gasteiger partial charge in [0.05, 0.1) is 6.61 Å². The van der Waals surface area contributed by atoms with Crippen molar-refractivity contribution in [2.24, 2.45) is 0 Å². The van der Waals surface area contributed by atoms with Gasteiger partial charge in [-0.25, -0.2) is 9.78 Å². The smallest absolute Gasteiger partial charge is 0.384 e. The Morgan fingerprint density at radius 3 is 3.14 bits per heavy atom. The van der Waals surface area contributed by atoms with Gasteiger partial charge in [0.2, 0.25) is 0 Å². The molecule has 0 saturated heterocycles. The van der Waals surface area contributed by atoms with Crippen LogP contribution in [0.4, 0.5) is 0 Å². The summed E-state index contributed by atoms with van der Waals surface area (Å²) >= 11 is 5.63. The van der Waals surface area contributed by atoms with Crippen LogP contribution in [0.1, 0.15) is 12.5 Å². The van der Waals surface area contributed by atoms with Crippen molar-refractivity contribution in [1.29, 1.82) is 0 Å². The topological polar surface area (TPSA) is 39.2 Å². The summed E-state index contributed by atoms with van der Waals surface area (Å²) in [6.45, 7) is 2.05. The van der Waals surface area contributed by atoms with Crippen molar-refractivity contribution in [2.75, 3.05) is 6.61 Å². The zero-order valence-corrected chi connectivity index (χ0v) is 8.34. The summed E-state index contributed by atoms with van der Waals surface area (Å²) in [4.78, 5) is 14.6. The number of aromatic nitrogens is 1. The van der Waals surface area contributed by atoms with Crippen LogP contribution in [0, 0.1) is 11.8 Å². The van der Waals surface area contributed by atoms with Gasteiger partial charge in [-0.05, 0) is 19.1 Å². The third kappa shape index (κ3) is 3.46. The Kier molecular flexibility index (Phi) is 3.96. The normalized spacial score (nSPS) is 8.71. The van der Waals surface area contributed by atoms with Crippen molar-refractivity contribution in [3.8, 4) is 11.8 Å². The fourth-order valence-corrected chi connectivity index (χ4v) is 0.944. The standard InChI is InChI=1S/C10H8ClNO2/c1-2-14-10(13)4-3-8-5-6-12-9(11)7-8/h5-7H,2H2,1H3. The van der Waals surface area contributed by atoms with Crippen LogP contribution in [0.3, 0.4) is 0 Å². The minimum Gasteiger partial charge on any atom is -0.456 e. The molecule has 3 nitrogen and oxygen atoms in total. The molecule has 1 aromatic heterocycles. The Balaban J connectivity index is 2.72. The van der Waals surface area contributed by atoms with Gasteiger partial charge in [0.15, 0.2) is 0 Å². The molecule has 0 spiro atoms. The van der Waals surface area contributed by atoms with E-state index in [-0.39, 0.29) is 0 Å². The number of carbonyl (C=O) groups is 1. The van der Waals surface area contributed by atoms with E-state index in [2.05, 4.69) is 21.6 Å². The number of carbonyl (C=O) groups excluding carboxylic acids is 1. The minimum atomic E-state index is -0.541. The van der Waals surface area contributed by atoms with Gasteiger partial charge >= 0.3 is 5.97 Å². The van der Waals surface area contributed by atoms with E-state index < -0.39 is 5.97 Å². The van der Waals surface area contributed by atoms with Crippen LogP contribution in [-0.4, -0.2) is 17.6 Å². The maximum absolute atomic E-state index is 10.9. The number of hydrogen-bond acceptors (Lipinski definition) is 3. The Bertz CT molecular complexity index is 393. The highest BCUT2D eigenvalue weighted by Crippen LogP contribution is 2.05. The van der Waals surface area contributed by atoms with Gasteiger partial charge in [-0.2, -0.15) is 0 Å². The first-order chi connectivity index (χ1) is 6.72. The number of hydrogen-bond donors (Lipinski definition) is 0. The Hall–Kier alpha value is -1.53. The van der Waals surface area contributed by atoms with Crippen molar-refractivity contribution in [2.45, 2.75) is 6.92 Å². The van der Waals surface area contributed by atoms with Crippen LogP contribution >= 0.6 is 11.6 Å². The molecule has 72 valence electrons. The molecule has 0 atom stereocenters. The second-order valence-corrected chi connectivity index (χ2v) is 2.72. The molecule has 14 heavy (non-hydrogen) atoms. The zero-order valence-electron chi connectivity index (χ0n) is 7.58. The van der Waals surface area contributed by atoms with Gasteiger partial charge in [0.25, 0.3) is 0 Å². The van der Waals surface area contributed by atoms with Crippen molar-refractivity contribution >= 4 is 17.6 Å². The second kappa shape index (κ2) is 5.25. The Morgan fingerprint density at radius 2 is 2.50 bits per heavy atom. The van der Waals surface area contributed by atoms with Gasteiger partial charge in [0, 0.05) is 17.7 Å². The molecular weight excluding hydrogens is 202 g/mol. The largest absolute Gasteiger partial charge is 0.456 e. The van der Waals surface area contributed by atoms with Gasteiger partial charge < -0.3 is 4.74 Å². The molecule has 0 bridgehead atoms. The lowest BCUT2D eigenvalue weighted by molar-refractivity contribution is -0.136. The molecule has 0 radical (unpaired) electrons. The van der Waals surface area contributed by atoms with Gasteiger partial charge in [-0.15, -0.1) is 0 Å². The summed E-state index contributed by atoms with van der Waals surface area (Å²) < 4.78 is 4.63. The second-order valence-electron chi connectivity index (χ2n) is 2.34. The van der Waals surface area contributed by atoms with Gasteiger partial charge in [-0.3, -0.25) is 0 Å². The fourth-order valence-electron chi connectivity index (χ4n) is 0.771. The van der Waals surface area contributed by atoms with Gasteiger partial charge in [-0.1, -0.05) is 17.5 Å². The predicted molar refractivity (Wildman–Crippen MR) is 52.8 cm³/mol. The summed E-state index contributed by atoms with van der Waals surface area (Å²) in [7, 11) is 0. The summed E-state index contributed by atoms with van der Waals surface area (Å²) in [5.74, 6) is 4.41. The number of pyridine rings is 1. The minimum absolute atomic E-state index is 0.324. The lowest BCUT2D eigenvalue weighted by Crippen LogP contribution is -1.99. The van der Waals surface area contributed by atoms with Gasteiger partial charge in [0.1, 0.15) is 5.15 Å². The molecule has 0 unspecified atom stereocenters. The van der Waals surface area contributed by atoms with E-state index in [0.29, 0.717) is 17.3 Å². The maximum atomic E-state index is 10.9. The molecule has 0 amide bonds. The first-order valence-corrected chi connectivity index (χ1v) is 4.40. The van der Waals surface area contributed by atoms with Crippen LogP contribution in [0.2, 0.25) is 5.15 Å². The monoisotopic (exact) mass is 209 g/mol. The zero-order chi connectivity index (χ0) is 10.4. The SMILES string of the molecule is CCOC(=O)C#Cc1ccnc(Cl)c1. The molecule has 0 aliphatic carbocycles. The third-order valence-corrected chi connectivity index (χ3v) is 1.52. The molecule has 0 aliphatic heterocycles. The van der Waals surface area contributed by atoms with E-state index in [4.69, 9.17) is 11.6 Å². The number of halogens is 1. The average molecular weight is 210 g/mol. The van der Waals surface area contributed by atoms with E-state index >= 15 is 0 Å². The van der Waals surface area contributed by atoms with Crippen LogP contribution in [0.5, 0.6) is 0 Å². The van der Waals surface area contributed by atoms with Crippen LogP contribution in [0.25, 0.3) is 0 Å². The number of esters is 1. The van der Waals surface area contributed by atoms with Crippen molar-refractivity contribution in [3.05, 3.63) is 29.0 Å². The lowest BCUT2D eigenvalue weighted by atomic mass is 10.3. The molecular formula is C10H8ClNO2. The van der Waals surface area contributed by atoms with E-state index in [1.807, 2.05) is 0 Å². The fraction of sp³-hybridized carbons (Fsp3) is 0.200. The summed E-state index contributed by atoms with van der Waals surface area (Å²) in [6, 6.07) is 3.24. The predicted octanol–water partition coefficient (Wildman–Crippen LogP) is 1.65. The highest BCUT2D eigenvalue weighted by Gasteiger charge is 1.93. The first kappa shape index (κ1) is 10.6. The van der Waals surface area contributed by atoms with Crippen LogP contribution in [-0.2, 0) is 9.53 Å². The van der Waals surface area contributed by atoms with Crippen LogP contribution in [0.15, 0.2) is 18.3 Å². The highest BCUT2D eigenvalue weighted by molar-refractivity contribution is 6.29. The summed E-state index contributed by atoms with van der Waals surface area (Å²) in [5.41, 5.74) is 0.637. The molecule has 0 saturated carbocycles. The lowest BCUT2D eigenvalue weighted by Gasteiger charge is -1.92. The molecule has 0 aliphatic rings. The average Bonchev–Trinajstić information content (AvgIpc) is 2.15. The first-order valence-electron chi connectivity index (χ1n) is 4.02. The van der Waals surface area contributed by atoms with E-state index in [0.717, 1.165) is 0 Å². The molecule has 1 rings (SSSR count). The number of rotatable bonds is 1. The Morgan fingerprint density at radius 1 is 1.71 bits per heavy atom.